The Morgan fingerprint density at radius 2 is 1.96 bits per heavy atom. The van der Waals surface area contributed by atoms with Crippen LogP contribution in [0.1, 0.15) is 22.5 Å². The minimum absolute atomic E-state index is 0.00575. The van der Waals surface area contributed by atoms with Crippen LogP contribution in [0.25, 0.3) is 10.9 Å². The third-order valence-electron chi connectivity index (χ3n) is 5.10. The molecule has 2 aromatic carbocycles. The van der Waals surface area contributed by atoms with Gasteiger partial charge in [-0.15, -0.1) is 0 Å². The van der Waals surface area contributed by atoms with Gasteiger partial charge in [0.25, 0.3) is 5.91 Å². The van der Waals surface area contributed by atoms with E-state index in [9.17, 15) is 9.18 Å². The van der Waals surface area contributed by atoms with E-state index in [1.165, 1.54) is 12.1 Å². The molecule has 1 fully saturated rings. The molecule has 0 N–H and O–H groups in total. The first-order valence-electron chi connectivity index (χ1n) is 8.80. The van der Waals surface area contributed by atoms with E-state index in [0.29, 0.717) is 18.8 Å². The van der Waals surface area contributed by atoms with Gasteiger partial charge >= 0.3 is 0 Å². The van der Waals surface area contributed by atoms with Crippen LogP contribution in [0.4, 0.5) is 4.39 Å². The van der Waals surface area contributed by atoms with E-state index >= 15 is 0 Å². The summed E-state index contributed by atoms with van der Waals surface area (Å²) in [6, 6.07) is 14.3. The molecule has 0 saturated carbocycles. The predicted octanol–water partition coefficient (Wildman–Crippen LogP) is 3.92. The number of rotatable bonds is 3. The largest absolute Gasteiger partial charge is 0.489 e. The molecule has 4 rings (SSSR count). The number of aryl methyl sites for hydroxylation is 2. The number of likely N-dealkylation sites (tertiary alicyclic amines) is 1. The smallest absolute Gasteiger partial charge is 0.270 e. The number of amides is 1. The Labute approximate surface area is 151 Å². The molecule has 0 spiro atoms. The summed E-state index contributed by atoms with van der Waals surface area (Å²) >= 11 is 0. The maximum absolute atomic E-state index is 13.6. The van der Waals surface area contributed by atoms with Crippen molar-refractivity contribution in [3.05, 3.63) is 65.6 Å². The number of nitrogens with zero attached hydrogens (tertiary/aromatic N) is 2. The summed E-state index contributed by atoms with van der Waals surface area (Å²) in [5, 5.41) is 0.784. The average molecular weight is 352 g/mol. The normalized spacial score (nSPS) is 17.0. The molecule has 1 saturated heterocycles. The molecule has 1 atom stereocenters. The Bertz CT molecular complexity index is 965. The molecule has 0 radical (unpaired) electrons. The van der Waals surface area contributed by atoms with Crippen molar-refractivity contribution in [3.8, 4) is 5.75 Å². The first kappa shape index (κ1) is 16.6. The molecule has 1 aliphatic rings. The quantitative estimate of drug-likeness (QED) is 0.716. The van der Waals surface area contributed by atoms with Crippen LogP contribution >= 0.6 is 0 Å². The van der Waals surface area contributed by atoms with Crippen LogP contribution in [0.2, 0.25) is 0 Å². The van der Waals surface area contributed by atoms with Gasteiger partial charge in [-0.25, -0.2) is 4.39 Å². The van der Waals surface area contributed by atoms with Gasteiger partial charge in [-0.1, -0.05) is 18.2 Å². The molecule has 1 amide bonds. The Hall–Kier alpha value is -2.82. The number of carbonyl (C=O) groups excluding carboxylic acids is 1. The molecule has 0 aliphatic carbocycles. The molecule has 1 aromatic heterocycles. The molecule has 1 aliphatic heterocycles. The van der Waals surface area contributed by atoms with E-state index in [2.05, 4.69) is 0 Å². The van der Waals surface area contributed by atoms with Crippen molar-refractivity contribution in [3.63, 3.8) is 0 Å². The zero-order valence-electron chi connectivity index (χ0n) is 14.9. The number of halogens is 1. The second-order valence-electron chi connectivity index (χ2n) is 6.79. The maximum Gasteiger partial charge on any atom is 0.270 e. The van der Waals surface area contributed by atoms with Crippen LogP contribution in [0.3, 0.4) is 0 Å². The van der Waals surface area contributed by atoms with Crippen LogP contribution < -0.4 is 4.74 Å². The van der Waals surface area contributed by atoms with E-state index in [4.69, 9.17) is 4.74 Å². The van der Waals surface area contributed by atoms with E-state index in [1.54, 1.807) is 6.07 Å². The minimum atomic E-state index is -0.289. The molecular weight excluding hydrogens is 331 g/mol. The predicted molar refractivity (Wildman–Crippen MR) is 99.0 cm³/mol. The Kier molecular flexibility index (Phi) is 4.15. The van der Waals surface area contributed by atoms with Gasteiger partial charge < -0.3 is 14.2 Å². The van der Waals surface area contributed by atoms with Gasteiger partial charge in [0.1, 0.15) is 23.4 Å². The third kappa shape index (κ3) is 2.83. The number of para-hydroxylation sites is 1. The van der Waals surface area contributed by atoms with Gasteiger partial charge in [0, 0.05) is 30.9 Å². The van der Waals surface area contributed by atoms with E-state index in [1.807, 2.05) is 53.8 Å². The highest BCUT2D eigenvalue weighted by Gasteiger charge is 2.31. The molecule has 26 heavy (non-hydrogen) atoms. The Morgan fingerprint density at radius 1 is 1.19 bits per heavy atom. The highest BCUT2D eigenvalue weighted by Crippen LogP contribution is 2.28. The number of hydrogen-bond donors (Lipinski definition) is 0. The van der Waals surface area contributed by atoms with Crippen LogP contribution in [0.5, 0.6) is 5.75 Å². The number of aromatic nitrogens is 1. The lowest BCUT2D eigenvalue weighted by Gasteiger charge is -2.18. The highest BCUT2D eigenvalue weighted by molar-refractivity contribution is 6.01. The number of fused-ring (bicyclic) bond motifs is 1. The highest BCUT2D eigenvalue weighted by atomic mass is 19.1. The second-order valence-corrected chi connectivity index (χ2v) is 6.79. The summed E-state index contributed by atoms with van der Waals surface area (Å²) in [5.41, 5.74) is 2.30. The van der Waals surface area contributed by atoms with Gasteiger partial charge in [0.2, 0.25) is 0 Å². The fourth-order valence-corrected chi connectivity index (χ4v) is 3.75. The lowest BCUT2D eigenvalue weighted by molar-refractivity contribution is 0.0762. The van der Waals surface area contributed by atoms with Crippen LogP contribution in [0, 0.1) is 12.7 Å². The van der Waals surface area contributed by atoms with Crippen molar-refractivity contribution in [2.24, 2.45) is 7.05 Å². The summed E-state index contributed by atoms with van der Waals surface area (Å²) < 4.78 is 21.4. The monoisotopic (exact) mass is 352 g/mol. The summed E-state index contributed by atoms with van der Waals surface area (Å²) in [6.45, 7) is 3.09. The molecule has 2 heterocycles. The van der Waals surface area contributed by atoms with Crippen molar-refractivity contribution >= 4 is 16.8 Å². The van der Waals surface area contributed by atoms with Crippen molar-refractivity contribution in [1.29, 1.82) is 0 Å². The summed E-state index contributed by atoms with van der Waals surface area (Å²) in [6.07, 6.45) is 0.798. The van der Waals surface area contributed by atoms with Crippen LogP contribution in [-0.4, -0.2) is 34.6 Å². The number of hydrogen-bond acceptors (Lipinski definition) is 2. The van der Waals surface area contributed by atoms with Crippen molar-refractivity contribution in [1.82, 2.24) is 9.47 Å². The summed E-state index contributed by atoms with van der Waals surface area (Å²) in [5.74, 6) is 0.506. The lowest BCUT2D eigenvalue weighted by Crippen LogP contribution is -2.32. The van der Waals surface area contributed by atoms with Gasteiger partial charge in [0.15, 0.2) is 0 Å². The number of ether oxygens (including phenoxy) is 1. The fraction of sp³-hybridized carbons (Fsp3) is 0.286. The van der Waals surface area contributed by atoms with E-state index in [0.717, 1.165) is 28.6 Å². The van der Waals surface area contributed by atoms with Crippen molar-refractivity contribution < 1.29 is 13.9 Å². The van der Waals surface area contributed by atoms with E-state index < -0.39 is 0 Å². The molecule has 134 valence electrons. The summed E-state index contributed by atoms with van der Waals surface area (Å²) in [7, 11) is 1.86. The average Bonchev–Trinajstić information content (AvgIpc) is 3.19. The van der Waals surface area contributed by atoms with Crippen LogP contribution in [-0.2, 0) is 7.05 Å². The first-order chi connectivity index (χ1) is 12.5. The molecular formula is C21H21FN2O2. The molecule has 4 nitrogen and oxygen atoms in total. The van der Waals surface area contributed by atoms with E-state index in [-0.39, 0.29) is 17.8 Å². The Balaban J connectivity index is 1.56. The molecule has 3 aromatic rings. The zero-order valence-corrected chi connectivity index (χ0v) is 14.9. The molecule has 0 bridgehead atoms. The minimum Gasteiger partial charge on any atom is -0.489 e. The number of carbonyl (C=O) groups is 1. The van der Waals surface area contributed by atoms with Gasteiger partial charge in [-0.3, -0.25) is 4.79 Å². The lowest BCUT2D eigenvalue weighted by atomic mass is 10.1. The standard InChI is InChI=1S/C21H21FN2O2/c1-14-18-12-15(22)8-9-19(18)23(2)20(14)21(25)24-11-10-17(13-24)26-16-6-4-3-5-7-16/h3-9,12,17H,10-11,13H2,1-2H3/t17-/m0/s1. The SMILES string of the molecule is Cc1c(C(=O)N2CC[C@H](Oc3ccccc3)C2)n(C)c2ccc(F)cc12. The zero-order chi connectivity index (χ0) is 18.3. The summed E-state index contributed by atoms with van der Waals surface area (Å²) in [4.78, 5) is 14.9. The van der Waals surface area contributed by atoms with Crippen LogP contribution in [0.15, 0.2) is 48.5 Å². The fourth-order valence-electron chi connectivity index (χ4n) is 3.75. The third-order valence-corrected chi connectivity index (χ3v) is 5.10. The van der Waals surface area contributed by atoms with Gasteiger partial charge in [0.05, 0.1) is 6.54 Å². The second kappa shape index (κ2) is 6.48. The van der Waals surface area contributed by atoms with Crippen molar-refractivity contribution in [2.75, 3.05) is 13.1 Å². The topological polar surface area (TPSA) is 34.5 Å². The molecule has 5 heteroatoms. The van der Waals surface area contributed by atoms with Gasteiger partial charge in [-0.05, 0) is 42.8 Å². The van der Waals surface area contributed by atoms with Crippen molar-refractivity contribution in [2.45, 2.75) is 19.4 Å². The maximum atomic E-state index is 13.6. The first-order valence-corrected chi connectivity index (χ1v) is 8.80. The molecule has 0 unspecified atom stereocenters. The van der Waals surface area contributed by atoms with Gasteiger partial charge in [-0.2, -0.15) is 0 Å². The Morgan fingerprint density at radius 3 is 2.73 bits per heavy atom. The number of benzene rings is 2.